The fourth-order valence-electron chi connectivity index (χ4n) is 2.35. The molecule has 5 heteroatoms. The topological polar surface area (TPSA) is 78.4 Å². The Kier molecular flexibility index (Phi) is 5.76. The van der Waals surface area contributed by atoms with Gasteiger partial charge in [-0.1, -0.05) is 31.5 Å². The van der Waals surface area contributed by atoms with E-state index in [0.717, 1.165) is 22.4 Å². The predicted molar refractivity (Wildman–Crippen MR) is 83.6 cm³/mol. The molecule has 1 unspecified atom stereocenters. The molecule has 21 heavy (non-hydrogen) atoms. The molecular weight excluding hydrogens is 268 g/mol. The quantitative estimate of drug-likeness (QED) is 0.780. The zero-order valence-corrected chi connectivity index (χ0v) is 13.3. The van der Waals surface area contributed by atoms with E-state index in [1.165, 1.54) is 0 Å². The number of carboxylic acids is 1. The fraction of sp³-hybridized carbons (Fsp3) is 0.500. The minimum atomic E-state index is -0.895. The Morgan fingerprint density at radius 1 is 1.14 bits per heavy atom. The minimum absolute atomic E-state index is 0.0364. The van der Waals surface area contributed by atoms with Crippen LogP contribution in [0.25, 0.3) is 0 Å². The van der Waals surface area contributed by atoms with Gasteiger partial charge in [0.1, 0.15) is 0 Å². The third kappa shape index (κ3) is 4.77. The van der Waals surface area contributed by atoms with E-state index in [1.807, 2.05) is 46.8 Å². The van der Waals surface area contributed by atoms with Crippen LogP contribution >= 0.6 is 0 Å². The monoisotopic (exact) mass is 292 g/mol. The zero-order valence-electron chi connectivity index (χ0n) is 13.3. The summed E-state index contributed by atoms with van der Waals surface area (Å²) in [5.41, 5.74) is 3.89. The average Bonchev–Trinajstić information content (AvgIpc) is 2.33. The van der Waals surface area contributed by atoms with Crippen molar-refractivity contribution in [3.05, 3.63) is 28.8 Å². The number of amides is 2. The third-order valence-corrected chi connectivity index (χ3v) is 3.52. The molecule has 0 radical (unpaired) electrons. The number of carboxylic acid groups (broad SMARTS) is 1. The largest absolute Gasteiger partial charge is 0.481 e. The molecule has 1 rings (SSSR count). The second-order valence-electron chi connectivity index (χ2n) is 5.80. The first-order chi connectivity index (χ1) is 9.72. The van der Waals surface area contributed by atoms with Crippen molar-refractivity contribution in [3.63, 3.8) is 0 Å². The molecule has 0 aliphatic rings. The van der Waals surface area contributed by atoms with Crippen LogP contribution in [0.1, 0.15) is 30.5 Å². The number of nitrogens with one attached hydrogen (secondary N) is 2. The summed E-state index contributed by atoms with van der Waals surface area (Å²) in [4.78, 5) is 23.0. The normalized spacial score (nSPS) is 12.1. The highest BCUT2D eigenvalue weighted by Gasteiger charge is 2.22. The van der Waals surface area contributed by atoms with Crippen LogP contribution in [0, 0.1) is 32.6 Å². The molecule has 3 N–H and O–H groups in total. The van der Waals surface area contributed by atoms with Gasteiger partial charge >= 0.3 is 12.0 Å². The molecule has 5 nitrogen and oxygen atoms in total. The molecule has 0 saturated carbocycles. The van der Waals surface area contributed by atoms with Gasteiger partial charge in [-0.25, -0.2) is 4.79 Å². The van der Waals surface area contributed by atoms with Gasteiger partial charge in [0.05, 0.1) is 5.92 Å². The highest BCUT2D eigenvalue weighted by molar-refractivity contribution is 5.91. The van der Waals surface area contributed by atoms with Gasteiger partial charge in [-0.05, 0) is 37.8 Å². The van der Waals surface area contributed by atoms with Crippen LogP contribution in [-0.2, 0) is 4.79 Å². The standard InChI is InChI=1S/C16H24N2O3/c1-9(2)13(15(19)20)8-17-16(21)18-14-11(4)6-10(3)7-12(14)5/h6-7,9,13H,8H2,1-5H3,(H,19,20)(H2,17,18,21). The second-order valence-corrected chi connectivity index (χ2v) is 5.80. The minimum Gasteiger partial charge on any atom is -0.481 e. The van der Waals surface area contributed by atoms with Crippen molar-refractivity contribution in [1.82, 2.24) is 5.32 Å². The summed E-state index contributed by atoms with van der Waals surface area (Å²) in [7, 11) is 0. The molecule has 0 heterocycles. The number of benzene rings is 1. The summed E-state index contributed by atoms with van der Waals surface area (Å²) >= 11 is 0. The molecule has 0 aliphatic heterocycles. The van der Waals surface area contributed by atoms with Gasteiger partial charge in [0, 0.05) is 12.2 Å². The maximum Gasteiger partial charge on any atom is 0.319 e. The number of rotatable bonds is 5. The first-order valence-electron chi connectivity index (χ1n) is 7.08. The van der Waals surface area contributed by atoms with Gasteiger partial charge < -0.3 is 15.7 Å². The Morgan fingerprint density at radius 2 is 1.67 bits per heavy atom. The number of anilines is 1. The fourth-order valence-corrected chi connectivity index (χ4v) is 2.35. The Bertz CT molecular complexity index is 515. The summed E-state index contributed by atoms with van der Waals surface area (Å²) in [6, 6.07) is 3.62. The first kappa shape index (κ1) is 17.0. The lowest BCUT2D eigenvalue weighted by atomic mass is 9.96. The smallest absolute Gasteiger partial charge is 0.319 e. The Hall–Kier alpha value is -2.04. The van der Waals surface area contributed by atoms with Gasteiger partial charge in [-0.2, -0.15) is 0 Å². The first-order valence-corrected chi connectivity index (χ1v) is 7.08. The molecule has 1 aromatic carbocycles. The molecule has 0 bridgehead atoms. The number of carbonyl (C=O) groups excluding carboxylic acids is 1. The van der Waals surface area contributed by atoms with Gasteiger partial charge in [0.2, 0.25) is 0 Å². The van der Waals surface area contributed by atoms with Gasteiger partial charge in [0.25, 0.3) is 0 Å². The molecule has 0 spiro atoms. The van der Waals surface area contributed by atoms with E-state index >= 15 is 0 Å². The number of carbonyl (C=O) groups is 2. The van der Waals surface area contributed by atoms with Crippen LogP contribution in [0.5, 0.6) is 0 Å². The summed E-state index contributed by atoms with van der Waals surface area (Å²) in [6.07, 6.45) is 0. The van der Waals surface area contributed by atoms with E-state index in [0.29, 0.717) is 0 Å². The van der Waals surface area contributed by atoms with E-state index < -0.39 is 11.9 Å². The third-order valence-electron chi connectivity index (χ3n) is 3.52. The maximum absolute atomic E-state index is 11.9. The van der Waals surface area contributed by atoms with E-state index in [1.54, 1.807) is 0 Å². The molecule has 2 amide bonds. The molecule has 0 fully saturated rings. The van der Waals surface area contributed by atoms with Crippen molar-refractivity contribution < 1.29 is 14.7 Å². The Labute approximate surface area is 125 Å². The van der Waals surface area contributed by atoms with E-state index in [4.69, 9.17) is 5.11 Å². The summed E-state index contributed by atoms with van der Waals surface area (Å²) in [6.45, 7) is 9.64. The number of urea groups is 1. The summed E-state index contributed by atoms with van der Waals surface area (Å²) < 4.78 is 0. The van der Waals surface area contributed by atoms with Crippen LogP contribution in [0.4, 0.5) is 10.5 Å². The Morgan fingerprint density at radius 3 is 2.10 bits per heavy atom. The van der Waals surface area contributed by atoms with Crippen molar-refractivity contribution in [2.75, 3.05) is 11.9 Å². The molecule has 0 aromatic heterocycles. The van der Waals surface area contributed by atoms with E-state index in [-0.39, 0.29) is 18.5 Å². The van der Waals surface area contributed by atoms with Crippen LogP contribution in [-0.4, -0.2) is 23.7 Å². The number of aryl methyl sites for hydroxylation is 3. The van der Waals surface area contributed by atoms with Crippen molar-refractivity contribution >= 4 is 17.7 Å². The van der Waals surface area contributed by atoms with E-state index in [9.17, 15) is 9.59 Å². The molecule has 116 valence electrons. The summed E-state index contributed by atoms with van der Waals surface area (Å²) in [5, 5.41) is 14.5. The average molecular weight is 292 g/mol. The van der Waals surface area contributed by atoms with Crippen molar-refractivity contribution in [2.24, 2.45) is 11.8 Å². The molecule has 0 aliphatic carbocycles. The lowest BCUT2D eigenvalue weighted by Crippen LogP contribution is -2.38. The lowest BCUT2D eigenvalue weighted by molar-refractivity contribution is -0.142. The summed E-state index contributed by atoms with van der Waals surface area (Å²) in [5.74, 6) is -1.52. The van der Waals surface area contributed by atoms with Gasteiger partial charge in [-0.3, -0.25) is 4.79 Å². The molecule has 1 aromatic rings. The lowest BCUT2D eigenvalue weighted by Gasteiger charge is -2.18. The molecule has 1 atom stereocenters. The van der Waals surface area contributed by atoms with Gasteiger partial charge in [-0.15, -0.1) is 0 Å². The number of hydrogen-bond donors (Lipinski definition) is 3. The second kappa shape index (κ2) is 7.11. The van der Waals surface area contributed by atoms with Crippen molar-refractivity contribution in [2.45, 2.75) is 34.6 Å². The number of aliphatic carboxylic acids is 1. The number of hydrogen-bond acceptors (Lipinski definition) is 2. The van der Waals surface area contributed by atoms with Crippen molar-refractivity contribution in [1.29, 1.82) is 0 Å². The maximum atomic E-state index is 11.9. The predicted octanol–water partition coefficient (Wildman–Crippen LogP) is 3.09. The van der Waals surface area contributed by atoms with Crippen LogP contribution in [0.3, 0.4) is 0 Å². The van der Waals surface area contributed by atoms with E-state index in [2.05, 4.69) is 10.6 Å². The van der Waals surface area contributed by atoms with Crippen LogP contribution in [0.2, 0.25) is 0 Å². The molecule has 0 saturated heterocycles. The highest BCUT2D eigenvalue weighted by atomic mass is 16.4. The van der Waals surface area contributed by atoms with Gasteiger partial charge in [0.15, 0.2) is 0 Å². The Balaban J connectivity index is 2.69. The zero-order chi connectivity index (χ0) is 16.2. The SMILES string of the molecule is Cc1cc(C)c(NC(=O)NCC(C(=O)O)C(C)C)c(C)c1. The molecular formula is C16H24N2O3. The van der Waals surface area contributed by atoms with Crippen molar-refractivity contribution in [3.8, 4) is 0 Å². The highest BCUT2D eigenvalue weighted by Crippen LogP contribution is 2.21. The van der Waals surface area contributed by atoms with Crippen LogP contribution in [0.15, 0.2) is 12.1 Å². The van der Waals surface area contributed by atoms with Crippen LogP contribution < -0.4 is 10.6 Å².